The highest BCUT2D eigenvalue weighted by Gasteiger charge is 2.13. The molecule has 3 rings (SSSR count). The maximum Gasteiger partial charge on any atom is 0.114 e. The summed E-state index contributed by atoms with van der Waals surface area (Å²) in [5, 5.41) is 19.9. The van der Waals surface area contributed by atoms with Crippen LogP contribution in [0.2, 0.25) is 0 Å². The molecule has 0 aliphatic heterocycles. The summed E-state index contributed by atoms with van der Waals surface area (Å²) in [5.74, 6) is 0. The Balaban J connectivity index is 2.01. The van der Waals surface area contributed by atoms with E-state index < -0.39 is 0 Å². The maximum atomic E-state index is 9.32. The summed E-state index contributed by atoms with van der Waals surface area (Å²) >= 11 is 0. The first kappa shape index (κ1) is 13.7. The van der Waals surface area contributed by atoms with E-state index in [9.17, 15) is 5.11 Å². The Hall–Kier alpha value is -2.24. The second-order valence-corrected chi connectivity index (χ2v) is 4.87. The number of hydrogen-bond acceptors (Lipinski definition) is 4. The molecule has 0 spiro atoms. The van der Waals surface area contributed by atoms with Crippen LogP contribution in [-0.4, -0.2) is 27.2 Å². The highest BCUT2D eigenvalue weighted by molar-refractivity contribution is 5.85. The lowest BCUT2D eigenvalue weighted by Crippen LogP contribution is -2.08. The maximum absolute atomic E-state index is 9.32. The van der Waals surface area contributed by atoms with Crippen LogP contribution < -0.4 is 0 Å². The third-order valence-corrected chi connectivity index (χ3v) is 3.55. The Morgan fingerprint density at radius 1 is 1.14 bits per heavy atom. The molecule has 5 heteroatoms. The molecule has 2 aromatic carbocycles. The summed E-state index contributed by atoms with van der Waals surface area (Å²) in [6.45, 7) is 0.856. The van der Waals surface area contributed by atoms with Gasteiger partial charge in [-0.3, -0.25) is 0 Å². The van der Waals surface area contributed by atoms with Gasteiger partial charge in [0.05, 0.1) is 25.5 Å². The molecule has 108 valence electrons. The van der Waals surface area contributed by atoms with Crippen molar-refractivity contribution in [2.24, 2.45) is 0 Å². The zero-order valence-corrected chi connectivity index (χ0v) is 11.9. The number of benzene rings is 2. The van der Waals surface area contributed by atoms with Crippen molar-refractivity contribution in [2.45, 2.75) is 19.8 Å². The van der Waals surface area contributed by atoms with Gasteiger partial charge in [-0.2, -0.15) is 0 Å². The predicted molar refractivity (Wildman–Crippen MR) is 79.7 cm³/mol. The molecule has 0 bridgehead atoms. The largest absolute Gasteiger partial charge is 0.390 e. The number of methoxy groups -OCH3 is 1. The molecule has 0 aliphatic rings. The minimum absolute atomic E-state index is 0.131. The summed E-state index contributed by atoms with van der Waals surface area (Å²) in [7, 11) is 1.62. The smallest absolute Gasteiger partial charge is 0.114 e. The van der Waals surface area contributed by atoms with Crippen LogP contribution in [0.15, 0.2) is 42.5 Å². The average molecular weight is 283 g/mol. The third-order valence-electron chi connectivity index (χ3n) is 3.55. The van der Waals surface area contributed by atoms with Gasteiger partial charge in [-0.15, -0.1) is 5.10 Å². The molecular formula is C16H17N3O2. The molecule has 1 heterocycles. The van der Waals surface area contributed by atoms with E-state index in [0.717, 1.165) is 5.69 Å². The van der Waals surface area contributed by atoms with E-state index in [1.807, 2.05) is 18.2 Å². The summed E-state index contributed by atoms with van der Waals surface area (Å²) in [6.07, 6.45) is 0. The van der Waals surface area contributed by atoms with Crippen LogP contribution in [0, 0.1) is 0 Å². The molecule has 0 atom stereocenters. The van der Waals surface area contributed by atoms with Gasteiger partial charge in [0.1, 0.15) is 5.69 Å². The van der Waals surface area contributed by atoms with Gasteiger partial charge in [-0.25, -0.2) is 4.68 Å². The lowest BCUT2D eigenvalue weighted by atomic mass is 10.0. The molecule has 1 aromatic heterocycles. The highest BCUT2D eigenvalue weighted by atomic mass is 16.5. The number of rotatable bonds is 5. The van der Waals surface area contributed by atoms with E-state index in [2.05, 4.69) is 34.6 Å². The van der Waals surface area contributed by atoms with Crippen LogP contribution in [0.3, 0.4) is 0 Å². The van der Waals surface area contributed by atoms with Crippen LogP contribution >= 0.6 is 0 Å². The second-order valence-electron chi connectivity index (χ2n) is 4.87. The van der Waals surface area contributed by atoms with Crippen LogP contribution in [-0.2, 0) is 24.5 Å². The number of aliphatic hydroxyl groups excluding tert-OH is 1. The minimum Gasteiger partial charge on any atom is -0.390 e. The van der Waals surface area contributed by atoms with Gasteiger partial charge < -0.3 is 9.84 Å². The summed E-state index contributed by atoms with van der Waals surface area (Å²) in [6, 6.07) is 14.5. The summed E-state index contributed by atoms with van der Waals surface area (Å²) < 4.78 is 6.97. The second kappa shape index (κ2) is 6.03. The van der Waals surface area contributed by atoms with Gasteiger partial charge in [0.2, 0.25) is 0 Å². The van der Waals surface area contributed by atoms with Crippen molar-refractivity contribution in [2.75, 3.05) is 7.11 Å². The molecule has 0 aliphatic carbocycles. The van der Waals surface area contributed by atoms with Crippen molar-refractivity contribution >= 4 is 10.8 Å². The fourth-order valence-electron chi connectivity index (χ4n) is 2.50. The first-order valence-corrected chi connectivity index (χ1v) is 6.81. The van der Waals surface area contributed by atoms with Crippen LogP contribution in [0.5, 0.6) is 0 Å². The van der Waals surface area contributed by atoms with E-state index in [1.54, 1.807) is 11.8 Å². The molecule has 0 saturated carbocycles. The van der Waals surface area contributed by atoms with Gasteiger partial charge in [0.25, 0.3) is 0 Å². The Labute approximate surface area is 122 Å². The molecular weight excluding hydrogens is 266 g/mol. The first-order valence-electron chi connectivity index (χ1n) is 6.81. The van der Waals surface area contributed by atoms with Crippen LogP contribution in [0.4, 0.5) is 0 Å². The van der Waals surface area contributed by atoms with Crippen molar-refractivity contribution in [3.05, 3.63) is 59.4 Å². The van der Waals surface area contributed by atoms with E-state index >= 15 is 0 Å². The highest BCUT2D eigenvalue weighted by Crippen LogP contribution is 2.20. The van der Waals surface area contributed by atoms with E-state index in [4.69, 9.17) is 4.74 Å². The monoisotopic (exact) mass is 283 g/mol. The number of nitrogens with zero attached hydrogens (tertiary/aromatic N) is 3. The Morgan fingerprint density at radius 3 is 2.76 bits per heavy atom. The van der Waals surface area contributed by atoms with Gasteiger partial charge in [0, 0.05) is 7.11 Å². The quantitative estimate of drug-likeness (QED) is 0.779. The van der Waals surface area contributed by atoms with Gasteiger partial charge in [-0.1, -0.05) is 47.7 Å². The van der Waals surface area contributed by atoms with Crippen molar-refractivity contribution in [1.29, 1.82) is 0 Å². The number of aromatic nitrogens is 3. The number of aliphatic hydroxyl groups is 1. The molecule has 5 nitrogen and oxygen atoms in total. The fourth-order valence-corrected chi connectivity index (χ4v) is 2.50. The molecule has 0 radical (unpaired) electrons. The molecule has 0 fully saturated rings. The Bertz CT molecular complexity index is 747. The molecule has 0 unspecified atom stereocenters. The summed E-state index contributed by atoms with van der Waals surface area (Å²) in [4.78, 5) is 0. The van der Waals surface area contributed by atoms with Gasteiger partial charge in [-0.05, 0) is 16.3 Å². The number of fused-ring (bicyclic) bond motifs is 1. The topological polar surface area (TPSA) is 60.2 Å². The summed E-state index contributed by atoms with van der Waals surface area (Å²) in [5.41, 5.74) is 2.55. The van der Waals surface area contributed by atoms with E-state index in [1.165, 1.54) is 16.3 Å². The zero-order chi connectivity index (χ0) is 14.7. The third kappa shape index (κ3) is 2.66. The molecule has 21 heavy (non-hydrogen) atoms. The van der Waals surface area contributed by atoms with E-state index in [-0.39, 0.29) is 6.61 Å². The van der Waals surface area contributed by atoms with Crippen molar-refractivity contribution in [1.82, 2.24) is 15.0 Å². The number of ether oxygens (including phenoxy) is 1. The van der Waals surface area contributed by atoms with E-state index in [0.29, 0.717) is 18.8 Å². The zero-order valence-electron chi connectivity index (χ0n) is 11.9. The number of hydrogen-bond donors (Lipinski definition) is 1. The lowest BCUT2D eigenvalue weighted by Gasteiger charge is -2.09. The Kier molecular flexibility index (Phi) is 3.94. The van der Waals surface area contributed by atoms with Crippen molar-refractivity contribution < 1.29 is 9.84 Å². The normalized spacial score (nSPS) is 11.1. The SMILES string of the molecule is COCc1c(CO)nnn1Cc1cccc2ccccc12. The van der Waals surface area contributed by atoms with Crippen LogP contribution in [0.1, 0.15) is 17.0 Å². The molecule has 0 amide bonds. The Morgan fingerprint density at radius 2 is 1.95 bits per heavy atom. The molecule has 3 aromatic rings. The van der Waals surface area contributed by atoms with Crippen molar-refractivity contribution in [3.63, 3.8) is 0 Å². The standard InChI is InChI=1S/C16H17N3O2/c1-21-11-16-15(10-20)17-18-19(16)9-13-7-4-6-12-5-2-3-8-14(12)13/h2-8,20H,9-11H2,1H3. The first-order chi connectivity index (χ1) is 10.3. The predicted octanol–water partition coefficient (Wildman–Crippen LogP) is 2.12. The molecule has 0 saturated heterocycles. The average Bonchev–Trinajstić information content (AvgIpc) is 2.90. The fraction of sp³-hybridized carbons (Fsp3) is 0.250. The molecule has 1 N–H and O–H groups in total. The van der Waals surface area contributed by atoms with Crippen molar-refractivity contribution in [3.8, 4) is 0 Å². The van der Waals surface area contributed by atoms with Gasteiger partial charge >= 0.3 is 0 Å². The minimum atomic E-state index is -0.131. The van der Waals surface area contributed by atoms with Crippen LogP contribution in [0.25, 0.3) is 10.8 Å². The van der Waals surface area contributed by atoms with Gasteiger partial charge in [0.15, 0.2) is 0 Å². The lowest BCUT2D eigenvalue weighted by molar-refractivity contribution is 0.173.